The van der Waals surface area contributed by atoms with Crippen LogP contribution in [0.15, 0.2) is 36.4 Å². The van der Waals surface area contributed by atoms with Gasteiger partial charge >= 0.3 is 0 Å². The van der Waals surface area contributed by atoms with Crippen LogP contribution in [0.25, 0.3) is 20.3 Å². The van der Waals surface area contributed by atoms with Crippen molar-refractivity contribution in [1.29, 1.82) is 0 Å². The number of amides is 1. The van der Waals surface area contributed by atoms with Gasteiger partial charge in [-0.1, -0.05) is 40.6 Å². The number of aromatic nitrogens is 1. The van der Waals surface area contributed by atoms with Gasteiger partial charge in [0.25, 0.3) is 5.91 Å². The van der Waals surface area contributed by atoms with Crippen LogP contribution in [-0.2, 0) is 4.74 Å². The Kier molecular flexibility index (Phi) is 5.09. The Balaban J connectivity index is 1.41. The SMILES string of the molecule is O=C(Nc1nc2ccc(N3CCOCC3)cc2s1)c1sc2cc(Cl)ccc2c1Cl. The van der Waals surface area contributed by atoms with Crippen LogP contribution in [0, 0.1) is 0 Å². The zero-order valence-corrected chi connectivity index (χ0v) is 18.2. The average molecular weight is 464 g/mol. The summed E-state index contributed by atoms with van der Waals surface area (Å²) in [5.41, 5.74) is 2.00. The zero-order valence-electron chi connectivity index (χ0n) is 15.1. The number of ether oxygens (including phenoxy) is 1. The van der Waals surface area contributed by atoms with Gasteiger partial charge in [0.15, 0.2) is 5.13 Å². The van der Waals surface area contributed by atoms with Crippen molar-refractivity contribution in [2.45, 2.75) is 0 Å². The molecule has 0 spiro atoms. The molecule has 2 aromatic carbocycles. The van der Waals surface area contributed by atoms with Crippen LogP contribution >= 0.6 is 45.9 Å². The molecule has 1 aliphatic rings. The summed E-state index contributed by atoms with van der Waals surface area (Å²) < 4.78 is 7.33. The van der Waals surface area contributed by atoms with Crippen LogP contribution in [0.2, 0.25) is 10.0 Å². The van der Waals surface area contributed by atoms with Gasteiger partial charge in [0.05, 0.1) is 28.5 Å². The molecule has 1 N–H and O–H groups in total. The summed E-state index contributed by atoms with van der Waals surface area (Å²) >= 11 is 15.3. The van der Waals surface area contributed by atoms with E-state index in [1.54, 1.807) is 6.07 Å². The van der Waals surface area contributed by atoms with Crippen molar-refractivity contribution < 1.29 is 9.53 Å². The number of morpholine rings is 1. The summed E-state index contributed by atoms with van der Waals surface area (Å²) in [5.74, 6) is -0.264. The van der Waals surface area contributed by atoms with E-state index in [0.717, 1.165) is 52.3 Å². The Morgan fingerprint density at radius 1 is 1.07 bits per heavy atom. The third-order valence-electron chi connectivity index (χ3n) is 4.77. The van der Waals surface area contributed by atoms with Crippen LogP contribution in [0.4, 0.5) is 10.8 Å². The maximum atomic E-state index is 12.8. The Bertz CT molecular complexity index is 1230. The number of thiophene rings is 1. The minimum Gasteiger partial charge on any atom is -0.378 e. The van der Waals surface area contributed by atoms with Crippen LogP contribution < -0.4 is 10.2 Å². The van der Waals surface area contributed by atoms with Gasteiger partial charge in [-0.15, -0.1) is 11.3 Å². The zero-order chi connectivity index (χ0) is 20.0. The molecule has 1 aliphatic heterocycles. The number of halogens is 2. The number of hydrogen-bond donors (Lipinski definition) is 1. The summed E-state index contributed by atoms with van der Waals surface area (Å²) in [6.45, 7) is 3.23. The van der Waals surface area contributed by atoms with Crippen LogP contribution in [0.1, 0.15) is 9.67 Å². The van der Waals surface area contributed by atoms with E-state index >= 15 is 0 Å². The Morgan fingerprint density at radius 2 is 1.90 bits per heavy atom. The average Bonchev–Trinajstić information content (AvgIpc) is 3.28. The highest BCUT2D eigenvalue weighted by Crippen LogP contribution is 2.37. The third kappa shape index (κ3) is 3.69. The standard InChI is InChI=1S/C20H15Cl2N3O2S2/c21-11-1-3-13-15(9-11)28-18(17(13)22)19(26)24-20-23-14-4-2-12(10-16(14)29-20)25-5-7-27-8-6-25/h1-4,9-10H,5-8H2,(H,23,24,26). The third-order valence-corrected chi connectivity index (χ3v) is 7.59. The predicted molar refractivity (Wildman–Crippen MR) is 122 cm³/mol. The highest BCUT2D eigenvalue weighted by molar-refractivity contribution is 7.23. The molecule has 0 unspecified atom stereocenters. The van der Waals surface area contributed by atoms with E-state index in [-0.39, 0.29) is 5.91 Å². The summed E-state index contributed by atoms with van der Waals surface area (Å²) in [6, 6.07) is 11.6. The fourth-order valence-electron chi connectivity index (χ4n) is 3.32. The molecule has 1 saturated heterocycles. The first-order valence-corrected chi connectivity index (χ1v) is 11.4. The van der Waals surface area contributed by atoms with Crippen LogP contribution in [0.3, 0.4) is 0 Å². The van der Waals surface area contributed by atoms with Crippen molar-refractivity contribution >= 4 is 82.9 Å². The molecule has 3 heterocycles. The van der Waals surface area contributed by atoms with Gasteiger partial charge in [-0.2, -0.15) is 0 Å². The fourth-order valence-corrected chi connectivity index (χ4v) is 5.91. The smallest absolute Gasteiger partial charge is 0.269 e. The second kappa shape index (κ2) is 7.74. The Hall–Kier alpha value is -1.90. The second-order valence-electron chi connectivity index (χ2n) is 6.61. The summed E-state index contributed by atoms with van der Waals surface area (Å²) in [7, 11) is 0. The van der Waals surface area contributed by atoms with Gasteiger partial charge in [-0.25, -0.2) is 4.98 Å². The van der Waals surface area contributed by atoms with Crippen molar-refractivity contribution in [3.63, 3.8) is 0 Å². The molecule has 1 amide bonds. The molecular weight excluding hydrogens is 449 g/mol. The molecule has 0 aliphatic carbocycles. The molecule has 9 heteroatoms. The number of carbonyl (C=O) groups excluding carboxylic acids is 1. The maximum absolute atomic E-state index is 12.8. The van der Waals surface area contributed by atoms with Gasteiger partial charge < -0.3 is 9.64 Å². The Labute approximate surface area is 184 Å². The van der Waals surface area contributed by atoms with Crippen molar-refractivity contribution in [2.24, 2.45) is 0 Å². The lowest BCUT2D eigenvalue weighted by Gasteiger charge is -2.28. The summed E-state index contributed by atoms with van der Waals surface area (Å²) in [4.78, 5) is 20.1. The van der Waals surface area contributed by atoms with E-state index in [9.17, 15) is 4.79 Å². The minimum atomic E-state index is -0.264. The minimum absolute atomic E-state index is 0.264. The second-order valence-corrected chi connectivity index (χ2v) is 9.51. The fraction of sp³-hybridized carbons (Fsp3) is 0.200. The van der Waals surface area contributed by atoms with Crippen LogP contribution in [0.5, 0.6) is 0 Å². The van der Waals surface area contributed by atoms with Gasteiger partial charge in [-0.3, -0.25) is 10.1 Å². The Morgan fingerprint density at radius 3 is 2.72 bits per heavy atom. The van der Waals surface area contributed by atoms with Gasteiger partial charge in [0.2, 0.25) is 0 Å². The topological polar surface area (TPSA) is 54.5 Å². The summed E-state index contributed by atoms with van der Waals surface area (Å²) in [6.07, 6.45) is 0. The molecule has 4 aromatic rings. The van der Waals surface area contributed by atoms with Gasteiger partial charge in [0, 0.05) is 33.9 Å². The molecule has 2 aromatic heterocycles. The largest absolute Gasteiger partial charge is 0.378 e. The van der Waals surface area contributed by atoms with E-state index in [2.05, 4.69) is 27.3 Å². The maximum Gasteiger partial charge on any atom is 0.269 e. The van der Waals surface area contributed by atoms with E-state index in [0.29, 0.717) is 20.1 Å². The molecule has 0 saturated carbocycles. The normalized spacial score (nSPS) is 14.6. The number of thiazole rings is 1. The van der Waals surface area contributed by atoms with E-state index < -0.39 is 0 Å². The molecule has 0 bridgehead atoms. The molecule has 0 radical (unpaired) electrons. The molecule has 1 fully saturated rings. The number of benzene rings is 2. The van der Waals surface area contributed by atoms with E-state index in [1.165, 1.54) is 22.7 Å². The molecule has 5 rings (SSSR count). The lowest BCUT2D eigenvalue weighted by atomic mass is 10.2. The van der Waals surface area contributed by atoms with Crippen molar-refractivity contribution in [1.82, 2.24) is 4.98 Å². The van der Waals surface area contributed by atoms with Crippen molar-refractivity contribution in [3.05, 3.63) is 51.3 Å². The lowest BCUT2D eigenvalue weighted by Crippen LogP contribution is -2.36. The van der Waals surface area contributed by atoms with E-state index in [1.807, 2.05) is 18.2 Å². The molecule has 148 valence electrons. The quantitative estimate of drug-likeness (QED) is 0.410. The number of nitrogens with one attached hydrogen (secondary N) is 1. The van der Waals surface area contributed by atoms with E-state index in [4.69, 9.17) is 27.9 Å². The molecular formula is C20H15Cl2N3O2S2. The highest BCUT2D eigenvalue weighted by atomic mass is 35.5. The van der Waals surface area contributed by atoms with Gasteiger partial charge in [-0.05, 0) is 30.3 Å². The van der Waals surface area contributed by atoms with Crippen molar-refractivity contribution in [3.8, 4) is 0 Å². The summed E-state index contributed by atoms with van der Waals surface area (Å²) in [5, 5.41) is 5.32. The number of fused-ring (bicyclic) bond motifs is 2. The molecule has 0 atom stereocenters. The van der Waals surface area contributed by atoms with Gasteiger partial charge in [0.1, 0.15) is 4.88 Å². The lowest BCUT2D eigenvalue weighted by molar-refractivity contribution is 0.103. The van der Waals surface area contributed by atoms with Crippen LogP contribution in [-0.4, -0.2) is 37.2 Å². The van der Waals surface area contributed by atoms with Crippen molar-refractivity contribution in [2.75, 3.05) is 36.5 Å². The molecule has 5 nitrogen and oxygen atoms in total. The molecule has 29 heavy (non-hydrogen) atoms. The highest BCUT2D eigenvalue weighted by Gasteiger charge is 2.19. The first-order valence-electron chi connectivity index (χ1n) is 9.01. The monoisotopic (exact) mass is 463 g/mol. The number of carbonyl (C=O) groups is 1. The number of rotatable bonds is 3. The first-order chi connectivity index (χ1) is 14.1. The number of anilines is 2. The number of nitrogens with zero attached hydrogens (tertiary/aromatic N) is 2. The first kappa shape index (κ1) is 19.1. The predicted octanol–water partition coefficient (Wildman–Crippen LogP) is 5.91. The number of hydrogen-bond acceptors (Lipinski definition) is 6.